The maximum Gasteiger partial charge on any atom is 0.490 e. The molecule has 2 saturated heterocycles. The van der Waals surface area contributed by atoms with Gasteiger partial charge in [0.05, 0.1) is 19.5 Å². The normalized spacial score (nSPS) is 21.3. The van der Waals surface area contributed by atoms with Crippen LogP contribution in [-0.2, 0) is 14.3 Å². The third kappa shape index (κ3) is 7.02. The lowest BCUT2D eigenvalue weighted by Gasteiger charge is -2.21. The summed E-state index contributed by atoms with van der Waals surface area (Å²) < 4.78 is 39.0. The third-order valence-electron chi connectivity index (χ3n) is 7.38. The number of carbonyl (C=O) groups is 2. The molecule has 244 valence electrons. The van der Waals surface area contributed by atoms with Crippen LogP contribution in [0.1, 0.15) is 29.7 Å². The van der Waals surface area contributed by atoms with Crippen molar-refractivity contribution >= 4 is 34.8 Å². The van der Waals surface area contributed by atoms with Crippen LogP contribution < -0.4 is 15.8 Å². The zero-order valence-corrected chi connectivity index (χ0v) is 23.9. The van der Waals surface area contributed by atoms with E-state index in [-0.39, 0.29) is 17.8 Å². The van der Waals surface area contributed by atoms with E-state index in [0.717, 1.165) is 11.1 Å². The molecule has 6 rings (SSSR count). The number of aromatic nitrogens is 4. The molecule has 4 atom stereocenters. The molecule has 6 N–H and O–H groups in total. The van der Waals surface area contributed by atoms with Crippen LogP contribution in [-0.4, -0.2) is 96.0 Å². The van der Waals surface area contributed by atoms with Gasteiger partial charge in [-0.05, 0) is 11.1 Å². The average molecular weight is 646 g/mol. The number of carbonyl (C=O) groups excluding carboxylic acids is 1. The second-order valence-corrected chi connectivity index (χ2v) is 10.4. The van der Waals surface area contributed by atoms with Gasteiger partial charge >= 0.3 is 12.1 Å². The van der Waals surface area contributed by atoms with Crippen molar-refractivity contribution in [3.05, 3.63) is 78.1 Å². The van der Waals surface area contributed by atoms with E-state index in [9.17, 15) is 33.3 Å². The fourth-order valence-electron chi connectivity index (χ4n) is 5.07. The summed E-state index contributed by atoms with van der Waals surface area (Å²) in [6.07, 6.45) is -7.86. The van der Waals surface area contributed by atoms with Crippen molar-refractivity contribution < 1.29 is 47.9 Å². The number of benzene rings is 2. The molecule has 1 amide bonds. The van der Waals surface area contributed by atoms with Crippen molar-refractivity contribution in [2.75, 3.05) is 30.0 Å². The quantitative estimate of drug-likeness (QED) is 0.162. The van der Waals surface area contributed by atoms with Gasteiger partial charge in [-0.2, -0.15) is 23.1 Å². The number of fused-ring (bicyclic) bond motifs is 1. The van der Waals surface area contributed by atoms with Crippen molar-refractivity contribution in [1.82, 2.24) is 24.9 Å². The van der Waals surface area contributed by atoms with Gasteiger partial charge in [0.1, 0.15) is 18.3 Å². The predicted octanol–water partition coefficient (Wildman–Crippen LogP) is 1.56. The van der Waals surface area contributed by atoms with E-state index in [2.05, 4.69) is 45.0 Å². The molecule has 0 aliphatic carbocycles. The van der Waals surface area contributed by atoms with Gasteiger partial charge in [-0.15, -0.1) is 0 Å². The maximum atomic E-state index is 11.9. The fourth-order valence-corrected chi connectivity index (χ4v) is 5.07. The average Bonchev–Trinajstić information content (AvgIpc) is 3.75. The van der Waals surface area contributed by atoms with E-state index in [0.29, 0.717) is 36.5 Å². The lowest BCUT2D eigenvalue weighted by atomic mass is 9.91. The Hall–Kier alpha value is -4.84. The minimum atomic E-state index is -5.08. The molecule has 2 aromatic carbocycles. The summed E-state index contributed by atoms with van der Waals surface area (Å²) in [5.74, 6) is -2.19. The molecular formula is C29H30F3N7O7. The van der Waals surface area contributed by atoms with Gasteiger partial charge in [0, 0.05) is 18.9 Å². The van der Waals surface area contributed by atoms with Crippen LogP contribution in [0.5, 0.6) is 0 Å². The lowest BCUT2D eigenvalue weighted by Crippen LogP contribution is -2.35. The smallest absolute Gasteiger partial charge is 0.475 e. The number of carboxylic acids is 1. The topological polar surface area (TPSA) is 195 Å². The lowest BCUT2D eigenvalue weighted by molar-refractivity contribution is -0.192. The van der Waals surface area contributed by atoms with Crippen molar-refractivity contribution in [2.45, 2.75) is 43.1 Å². The molecule has 2 aliphatic heterocycles. The number of aliphatic hydroxyl groups is 3. The molecule has 4 heterocycles. The highest BCUT2D eigenvalue weighted by atomic mass is 19.4. The molecular weight excluding hydrogens is 615 g/mol. The number of nitrogens with zero attached hydrogens (tertiary/aromatic N) is 5. The van der Waals surface area contributed by atoms with E-state index >= 15 is 0 Å². The number of aliphatic hydroxyl groups excluding tert-OH is 3. The molecule has 17 heteroatoms. The molecule has 2 fully saturated rings. The molecule has 0 saturated carbocycles. The van der Waals surface area contributed by atoms with Gasteiger partial charge < -0.3 is 30.5 Å². The van der Waals surface area contributed by atoms with Crippen LogP contribution in [0.25, 0.3) is 11.2 Å². The first-order valence-electron chi connectivity index (χ1n) is 14.1. The number of alkyl halides is 3. The van der Waals surface area contributed by atoms with E-state index in [1.807, 2.05) is 36.4 Å². The first-order valence-corrected chi connectivity index (χ1v) is 14.1. The highest BCUT2D eigenvalue weighted by Gasteiger charge is 2.44. The molecule has 0 unspecified atom stereocenters. The van der Waals surface area contributed by atoms with E-state index < -0.39 is 43.3 Å². The fraction of sp³-hybridized carbons (Fsp3) is 0.345. The van der Waals surface area contributed by atoms with E-state index in [4.69, 9.17) is 19.6 Å². The summed E-state index contributed by atoms with van der Waals surface area (Å²) in [5.41, 5.74) is 5.78. The minimum absolute atomic E-state index is 0.00916. The highest BCUT2D eigenvalue weighted by molar-refractivity contribution is 5.86. The maximum absolute atomic E-state index is 11.9. The molecule has 2 aromatic heterocycles. The van der Waals surface area contributed by atoms with Gasteiger partial charge in [0.15, 0.2) is 23.2 Å². The van der Waals surface area contributed by atoms with Crippen molar-refractivity contribution in [1.29, 1.82) is 0 Å². The van der Waals surface area contributed by atoms with Crippen LogP contribution in [0, 0.1) is 0 Å². The SMILES string of the molecule is O=C(O)C(F)(F)F.O=C1CCN(c2nc(NCC(c3ccccc3)c3ccccc3)c3ncn([C@@H]4O[C@H](CO)[C@@H](O)[C@H]4O)c3n2)N1. The zero-order valence-electron chi connectivity index (χ0n) is 23.9. The number of hydrogen-bond acceptors (Lipinski definition) is 11. The van der Waals surface area contributed by atoms with Gasteiger partial charge in [-0.3, -0.25) is 19.8 Å². The Morgan fingerprint density at radius 1 is 1.04 bits per heavy atom. The number of aliphatic carboxylic acids is 1. The second-order valence-electron chi connectivity index (χ2n) is 10.4. The number of ether oxygens (including phenoxy) is 1. The number of hydrogen-bond donors (Lipinski definition) is 6. The summed E-state index contributed by atoms with van der Waals surface area (Å²) in [5, 5.41) is 42.6. The number of imidazole rings is 1. The number of nitrogens with one attached hydrogen (secondary N) is 2. The summed E-state index contributed by atoms with van der Waals surface area (Å²) in [6, 6.07) is 20.3. The number of rotatable bonds is 8. The minimum Gasteiger partial charge on any atom is -0.475 e. The second kappa shape index (κ2) is 13.7. The van der Waals surface area contributed by atoms with Gasteiger partial charge in [-0.25, -0.2) is 9.78 Å². The Morgan fingerprint density at radius 3 is 2.15 bits per heavy atom. The Bertz CT molecular complexity index is 1620. The van der Waals surface area contributed by atoms with Crippen molar-refractivity contribution in [2.24, 2.45) is 0 Å². The Kier molecular flexibility index (Phi) is 9.66. The first-order chi connectivity index (χ1) is 22.0. The Labute approximate surface area is 259 Å². The summed E-state index contributed by atoms with van der Waals surface area (Å²) in [6.45, 7) is 0.434. The Morgan fingerprint density at radius 2 is 1.65 bits per heavy atom. The molecule has 14 nitrogen and oxygen atoms in total. The van der Waals surface area contributed by atoms with Crippen molar-refractivity contribution in [3.63, 3.8) is 0 Å². The molecule has 46 heavy (non-hydrogen) atoms. The van der Waals surface area contributed by atoms with Crippen molar-refractivity contribution in [3.8, 4) is 0 Å². The monoisotopic (exact) mass is 645 g/mol. The van der Waals surface area contributed by atoms with Gasteiger partial charge in [-0.1, -0.05) is 60.7 Å². The molecule has 4 aromatic rings. The largest absolute Gasteiger partial charge is 0.490 e. The summed E-state index contributed by atoms with van der Waals surface area (Å²) in [7, 11) is 0. The highest BCUT2D eigenvalue weighted by Crippen LogP contribution is 2.34. The standard InChI is InChI=1S/C27H29N7O5.C2HF3O2/c35-14-19-22(37)23(38)26(39-19)33-15-29-21-24(30-27(31-25(21)33)34-12-11-20(36)32-34)28-13-18(16-7-3-1-4-8-16)17-9-5-2-6-10-17;3-2(4,5)1(6)7/h1-10,15,18-19,22-23,26,35,37-38H,11-14H2,(H,32,36)(H,28,30,31);(H,6,7)/t19-,22-,23-,26-;/m1./s1. The van der Waals surface area contributed by atoms with Crippen LogP contribution >= 0.6 is 0 Å². The first kappa shape index (κ1) is 32.6. The zero-order chi connectivity index (χ0) is 33.0. The number of halogens is 3. The molecule has 0 spiro atoms. The van der Waals surface area contributed by atoms with Gasteiger partial charge in [0.25, 0.3) is 0 Å². The summed E-state index contributed by atoms with van der Waals surface area (Å²) in [4.78, 5) is 34.7. The number of hydrazine groups is 1. The molecule has 0 radical (unpaired) electrons. The summed E-state index contributed by atoms with van der Waals surface area (Å²) >= 11 is 0. The van der Waals surface area contributed by atoms with E-state index in [1.54, 1.807) is 5.01 Å². The van der Waals surface area contributed by atoms with E-state index in [1.165, 1.54) is 10.9 Å². The van der Waals surface area contributed by atoms with Crippen LogP contribution in [0.3, 0.4) is 0 Å². The predicted molar refractivity (Wildman–Crippen MR) is 155 cm³/mol. The molecule has 0 bridgehead atoms. The van der Waals surface area contributed by atoms with Crippen LogP contribution in [0.15, 0.2) is 67.0 Å². The van der Waals surface area contributed by atoms with Gasteiger partial charge in [0.2, 0.25) is 11.9 Å². The number of carboxylic acid groups (broad SMARTS) is 1. The third-order valence-corrected chi connectivity index (χ3v) is 7.38. The van der Waals surface area contributed by atoms with Crippen LogP contribution in [0.2, 0.25) is 0 Å². The number of anilines is 2. The van der Waals surface area contributed by atoms with Crippen LogP contribution in [0.4, 0.5) is 24.9 Å². The molecule has 2 aliphatic rings. The number of amides is 1. The Balaban J connectivity index is 0.000000537.